The molecule has 2 aromatic carbocycles. The van der Waals surface area contributed by atoms with Crippen LogP contribution >= 0.6 is 11.8 Å². The van der Waals surface area contributed by atoms with E-state index in [1.54, 1.807) is 24.3 Å². The largest absolute Gasteiger partial charge is 0.508 e. The number of amides is 1. The molecule has 0 saturated carbocycles. The van der Waals surface area contributed by atoms with Crippen LogP contribution in [0, 0.1) is 0 Å². The molecule has 0 saturated heterocycles. The average Bonchev–Trinajstić information content (AvgIpc) is 2.96. The van der Waals surface area contributed by atoms with E-state index in [1.165, 1.54) is 18.0 Å². The third-order valence-corrected chi connectivity index (χ3v) is 3.85. The number of hydrazone groups is 1. The van der Waals surface area contributed by atoms with Crippen LogP contribution in [0.2, 0.25) is 0 Å². The Morgan fingerprint density at radius 1 is 1.30 bits per heavy atom. The van der Waals surface area contributed by atoms with Gasteiger partial charge in [0.25, 0.3) is 5.91 Å². The van der Waals surface area contributed by atoms with E-state index < -0.39 is 0 Å². The molecule has 0 bridgehead atoms. The minimum Gasteiger partial charge on any atom is -0.508 e. The predicted molar refractivity (Wildman–Crippen MR) is 90.7 cm³/mol. The van der Waals surface area contributed by atoms with Gasteiger partial charge in [0.2, 0.25) is 0 Å². The van der Waals surface area contributed by atoms with Gasteiger partial charge in [0.05, 0.1) is 23.0 Å². The van der Waals surface area contributed by atoms with Crippen molar-refractivity contribution in [2.75, 3.05) is 5.75 Å². The van der Waals surface area contributed by atoms with Crippen molar-refractivity contribution in [2.45, 2.75) is 5.16 Å². The summed E-state index contributed by atoms with van der Waals surface area (Å²) < 4.78 is 0. The number of benzene rings is 2. The summed E-state index contributed by atoms with van der Waals surface area (Å²) in [6.45, 7) is 0. The fourth-order valence-corrected chi connectivity index (χ4v) is 2.63. The molecule has 0 aliphatic rings. The minimum absolute atomic E-state index is 0.153. The second-order valence-corrected chi connectivity index (χ2v) is 5.70. The highest BCUT2D eigenvalue weighted by molar-refractivity contribution is 7.99. The lowest BCUT2D eigenvalue weighted by Crippen LogP contribution is -2.19. The Morgan fingerprint density at radius 2 is 2.17 bits per heavy atom. The zero-order chi connectivity index (χ0) is 16.1. The number of rotatable bonds is 5. The number of H-pyrrole nitrogens is 1. The number of imidazole rings is 1. The first-order chi connectivity index (χ1) is 11.2. The zero-order valence-corrected chi connectivity index (χ0v) is 12.9. The van der Waals surface area contributed by atoms with Gasteiger partial charge in [0.1, 0.15) is 5.75 Å². The van der Waals surface area contributed by atoms with Crippen LogP contribution in [0.4, 0.5) is 0 Å². The number of hydrogen-bond donors (Lipinski definition) is 3. The molecular formula is C16H14N4O2S. The molecule has 6 nitrogen and oxygen atoms in total. The summed E-state index contributed by atoms with van der Waals surface area (Å²) in [5, 5.41) is 13.9. The summed E-state index contributed by atoms with van der Waals surface area (Å²) in [6, 6.07) is 14.3. The standard InChI is InChI=1S/C16H14N4O2S/c21-12-5-3-4-11(8-12)9-17-20-15(22)10-23-16-18-13-6-1-2-7-14(13)19-16/h1-9,21H,10H2,(H,18,19)(H,20,22)/b17-9-. The minimum atomic E-state index is -0.230. The highest BCUT2D eigenvalue weighted by Crippen LogP contribution is 2.18. The van der Waals surface area contributed by atoms with Gasteiger partial charge in [-0.15, -0.1) is 0 Å². The number of phenols is 1. The van der Waals surface area contributed by atoms with E-state index in [9.17, 15) is 9.90 Å². The number of nitrogens with zero attached hydrogens (tertiary/aromatic N) is 2. The Kier molecular flexibility index (Phi) is 4.58. The summed E-state index contributed by atoms with van der Waals surface area (Å²) in [5.41, 5.74) is 4.96. The molecule has 23 heavy (non-hydrogen) atoms. The van der Waals surface area contributed by atoms with Gasteiger partial charge in [-0.25, -0.2) is 10.4 Å². The number of aromatic nitrogens is 2. The first kappa shape index (κ1) is 15.1. The van der Waals surface area contributed by atoms with Crippen molar-refractivity contribution < 1.29 is 9.90 Å². The molecule has 3 rings (SSSR count). The third-order valence-electron chi connectivity index (χ3n) is 2.98. The van der Waals surface area contributed by atoms with Gasteiger partial charge in [0.15, 0.2) is 5.16 Å². The fraction of sp³-hybridized carbons (Fsp3) is 0.0625. The molecule has 1 heterocycles. The molecule has 3 aromatic rings. The topological polar surface area (TPSA) is 90.4 Å². The summed E-state index contributed by atoms with van der Waals surface area (Å²) >= 11 is 1.31. The Labute approximate surface area is 136 Å². The Hall–Kier alpha value is -2.80. The van der Waals surface area contributed by atoms with Crippen LogP contribution in [0.1, 0.15) is 5.56 Å². The van der Waals surface area contributed by atoms with Gasteiger partial charge in [-0.1, -0.05) is 36.0 Å². The predicted octanol–water partition coefficient (Wildman–Crippen LogP) is 2.51. The van der Waals surface area contributed by atoms with E-state index >= 15 is 0 Å². The quantitative estimate of drug-likeness (QED) is 0.382. The van der Waals surface area contributed by atoms with Crippen molar-refractivity contribution in [3.05, 3.63) is 54.1 Å². The summed E-state index contributed by atoms with van der Waals surface area (Å²) in [7, 11) is 0. The molecule has 7 heteroatoms. The Balaban J connectivity index is 1.51. The van der Waals surface area contributed by atoms with Crippen LogP contribution in [0.5, 0.6) is 5.75 Å². The van der Waals surface area contributed by atoms with Crippen LogP contribution in [-0.2, 0) is 4.79 Å². The molecule has 0 spiro atoms. The van der Waals surface area contributed by atoms with Crippen molar-refractivity contribution in [3.8, 4) is 5.75 Å². The Morgan fingerprint density at radius 3 is 3.00 bits per heavy atom. The number of aromatic hydroxyl groups is 1. The third kappa shape index (κ3) is 4.10. The van der Waals surface area contributed by atoms with Crippen LogP contribution in [-0.4, -0.2) is 32.9 Å². The lowest BCUT2D eigenvalue weighted by atomic mass is 10.2. The molecule has 3 N–H and O–H groups in total. The summed E-state index contributed by atoms with van der Waals surface area (Å²) in [4.78, 5) is 19.3. The van der Waals surface area contributed by atoms with E-state index in [-0.39, 0.29) is 17.4 Å². The van der Waals surface area contributed by atoms with Crippen molar-refractivity contribution in [2.24, 2.45) is 5.10 Å². The van der Waals surface area contributed by atoms with E-state index in [2.05, 4.69) is 20.5 Å². The molecule has 0 radical (unpaired) electrons. The number of thioether (sulfide) groups is 1. The first-order valence-electron chi connectivity index (χ1n) is 6.89. The van der Waals surface area contributed by atoms with E-state index in [1.807, 2.05) is 24.3 Å². The maximum absolute atomic E-state index is 11.8. The summed E-state index contributed by atoms with van der Waals surface area (Å²) in [5.74, 6) is 0.129. The molecule has 0 fully saturated rings. The summed E-state index contributed by atoms with van der Waals surface area (Å²) in [6.07, 6.45) is 1.48. The Bertz CT molecular complexity index is 827. The lowest BCUT2D eigenvalue weighted by Gasteiger charge is -1.98. The van der Waals surface area contributed by atoms with Crippen molar-refractivity contribution in [1.82, 2.24) is 15.4 Å². The maximum atomic E-state index is 11.8. The van der Waals surface area contributed by atoms with Gasteiger partial charge < -0.3 is 10.1 Å². The number of carbonyl (C=O) groups excluding carboxylic acids is 1. The molecule has 0 aliphatic heterocycles. The fourth-order valence-electron chi connectivity index (χ4n) is 1.95. The van der Waals surface area contributed by atoms with Gasteiger partial charge in [-0.2, -0.15) is 5.10 Å². The first-order valence-corrected chi connectivity index (χ1v) is 7.88. The maximum Gasteiger partial charge on any atom is 0.250 e. The van der Waals surface area contributed by atoms with Crippen molar-refractivity contribution in [1.29, 1.82) is 0 Å². The van der Waals surface area contributed by atoms with Crippen LogP contribution in [0.15, 0.2) is 58.8 Å². The van der Waals surface area contributed by atoms with Gasteiger partial charge >= 0.3 is 0 Å². The number of nitrogens with one attached hydrogen (secondary N) is 2. The smallest absolute Gasteiger partial charge is 0.250 e. The molecule has 0 unspecified atom stereocenters. The number of phenolic OH excluding ortho intramolecular Hbond substituents is 1. The normalized spacial score (nSPS) is 11.1. The van der Waals surface area contributed by atoms with Gasteiger partial charge in [-0.05, 0) is 29.8 Å². The number of fused-ring (bicyclic) bond motifs is 1. The lowest BCUT2D eigenvalue weighted by molar-refractivity contribution is -0.118. The average molecular weight is 326 g/mol. The van der Waals surface area contributed by atoms with Crippen molar-refractivity contribution in [3.63, 3.8) is 0 Å². The second kappa shape index (κ2) is 6.97. The number of aromatic amines is 1. The number of carbonyl (C=O) groups is 1. The van der Waals surface area contributed by atoms with E-state index in [4.69, 9.17) is 0 Å². The SMILES string of the molecule is O=C(CSc1nc2ccccc2[nH]1)N/N=C\c1cccc(O)c1. The van der Waals surface area contributed by atoms with Gasteiger partial charge in [0, 0.05) is 0 Å². The molecule has 116 valence electrons. The van der Waals surface area contributed by atoms with E-state index in [0.29, 0.717) is 10.7 Å². The van der Waals surface area contributed by atoms with Crippen LogP contribution < -0.4 is 5.43 Å². The molecule has 1 amide bonds. The molecule has 1 aromatic heterocycles. The van der Waals surface area contributed by atoms with Gasteiger partial charge in [-0.3, -0.25) is 4.79 Å². The molecule has 0 atom stereocenters. The van der Waals surface area contributed by atoms with Crippen LogP contribution in [0.3, 0.4) is 0 Å². The van der Waals surface area contributed by atoms with Crippen molar-refractivity contribution >= 4 is 34.9 Å². The number of hydrogen-bond acceptors (Lipinski definition) is 5. The zero-order valence-electron chi connectivity index (χ0n) is 12.1. The molecular weight excluding hydrogens is 312 g/mol. The highest BCUT2D eigenvalue weighted by atomic mass is 32.2. The van der Waals surface area contributed by atoms with Crippen LogP contribution in [0.25, 0.3) is 11.0 Å². The monoisotopic (exact) mass is 326 g/mol. The second-order valence-electron chi connectivity index (χ2n) is 4.74. The van der Waals surface area contributed by atoms with E-state index in [0.717, 1.165) is 11.0 Å². The molecule has 0 aliphatic carbocycles. The highest BCUT2D eigenvalue weighted by Gasteiger charge is 2.06. The number of para-hydroxylation sites is 2.